The van der Waals surface area contributed by atoms with Crippen LogP contribution in [-0.2, 0) is 9.53 Å². The lowest BCUT2D eigenvalue weighted by atomic mass is 10.1. The van der Waals surface area contributed by atoms with Gasteiger partial charge in [-0.05, 0) is 25.5 Å². The average molecular weight is 281 g/mol. The van der Waals surface area contributed by atoms with Crippen molar-refractivity contribution in [3.63, 3.8) is 0 Å². The first-order valence-electron chi connectivity index (χ1n) is 6.49. The molecule has 0 spiro atoms. The lowest BCUT2D eigenvalue weighted by molar-refractivity contribution is -0.136. The third-order valence-corrected chi connectivity index (χ3v) is 3.23. The van der Waals surface area contributed by atoms with Gasteiger partial charge in [-0.15, -0.1) is 0 Å². The van der Waals surface area contributed by atoms with E-state index in [4.69, 9.17) is 4.74 Å². The lowest BCUT2D eigenvalue weighted by Crippen LogP contribution is -2.42. The van der Waals surface area contributed by atoms with Gasteiger partial charge < -0.3 is 9.64 Å². The van der Waals surface area contributed by atoms with Gasteiger partial charge >= 0.3 is 0 Å². The molecule has 3 nitrogen and oxygen atoms in total. The summed E-state index contributed by atoms with van der Waals surface area (Å²) in [4.78, 5) is 13.3. The van der Waals surface area contributed by atoms with E-state index >= 15 is 0 Å². The molecule has 2 rings (SSSR count). The molecule has 0 radical (unpaired) electrons. The molecule has 0 N–H and O–H groups in total. The minimum Gasteiger partial charge on any atom is -0.370 e. The van der Waals surface area contributed by atoms with Crippen LogP contribution in [0.2, 0.25) is 0 Å². The molecule has 0 aliphatic carbocycles. The van der Waals surface area contributed by atoms with E-state index in [-0.39, 0.29) is 19.0 Å². The number of nitrogens with zero attached hydrogens (tertiary/aromatic N) is 1. The Kier molecular flexibility index (Phi) is 4.49. The van der Waals surface area contributed by atoms with Crippen LogP contribution < -0.4 is 0 Å². The Morgan fingerprint density at radius 3 is 2.70 bits per heavy atom. The fourth-order valence-corrected chi connectivity index (χ4v) is 2.11. The number of morpholine rings is 1. The normalized spacial score (nSPS) is 18.8. The molecule has 1 heterocycles. The van der Waals surface area contributed by atoms with E-state index in [1.54, 1.807) is 32.0 Å². The van der Waals surface area contributed by atoms with E-state index in [1.165, 1.54) is 11.0 Å². The van der Waals surface area contributed by atoms with Crippen molar-refractivity contribution in [3.8, 4) is 0 Å². The van der Waals surface area contributed by atoms with Crippen LogP contribution in [0.15, 0.2) is 35.7 Å². The average Bonchev–Trinajstić information content (AvgIpc) is 2.46. The number of ether oxygens (including phenoxy) is 1. The fraction of sp³-hybridized carbons (Fsp3) is 0.400. The summed E-state index contributed by atoms with van der Waals surface area (Å²) >= 11 is 0. The first kappa shape index (κ1) is 14.7. The van der Waals surface area contributed by atoms with Crippen LogP contribution in [0.5, 0.6) is 0 Å². The zero-order chi connectivity index (χ0) is 14.7. The molecule has 20 heavy (non-hydrogen) atoms. The summed E-state index contributed by atoms with van der Waals surface area (Å²) in [5.41, 5.74) is 0.728. The summed E-state index contributed by atoms with van der Waals surface area (Å²) in [6.07, 6.45) is -0.557. The van der Waals surface area contributed by atoms with Crippen molar-refractivity contribution in [1.29, 1.82) is 0 Å². The summed E-state index contributed by atoms with van der Waals surface area (Å²) in [6.45, 7) is 3.82. The minimum absolute atomic E-state index is 0.153. The maximum Gasteiger partial charge on any atom is 0.282 e. The van der Waals surface area contributed by atoms with Gasteiger partial charge in [0, 0.05) is 12.1 Å². The zero-order valence-corrected chi connectivity index (χ0v) is 11.5. The second-order valence-electron chi connectivity index (χ2n) is 4.95. The van der Waals surface area contributed by atoms with Gasteiger partial charge in [-0.3, -0.25) is 4.79 Å². The zero-order valence-electron chi connectivity index (χ0n) is 11.5. The fourth-order valence-electron chi connectivity index (χ4n) is 2.11. The van der Waals surface area contributed by atoms with Gasteiger partial charge in [0.15, 0.2) is 5.83 Å². The van der Waals surface area contributed by atoms with Crippen molar-refractivity contribution in [2.45, 2.75) is 20.0 Å². The molecule has 0 bridgehead atoms. The molecule has 0 unspecified atom stereocenters. The molecule has 1 amide bonds. The first-order chi connectivity index (χ1) is 9.50. The van der Waals surface area contributed by atoms with Crippen molar-refractivity contribution in [3.05, 3.63) is 47.0 Å². The predicted octanol–water partition coefficient (Wildman–Crippen LogP) is 2.99. The molecule has 1 fully saturated rings. The molecule has 1 aliphatic rings. The number of carbonyl (C=O) groups is 1. The quantitative estimate of drug-likeness (QED) is 0.780. The van der Waals surface area contributed by atoms with E-state index in [9.17, 15) is 13.6 Å². The molecule has 1 aromatic carbocycles. The third kappa shape index (κ3) is 3.04. The predicted molar refractivity (Wildman–Crippen MR) is 71.2 cm³/mol. The molecule has 1 aromatic rings. The van der Waals surface area contributed by atoms with Gasteiger partial charge in [0.05, 0.1) is 13.2 Å². The van der Waals surface area contributed by atoms with Gasteiger partial charge in [-0.25, -0.2) is 8.78 Å². The van der Waals surface area contributed by atoms with Crippen molar-refractivity contribution in [2.24, 2.45) is 0 Å². The van der Waals surface area contributed by atoms with Crippen molar-refractivity contribution < 1.29 is 18.3 Å². The maximum absolute atomic E-state index is 13.7. The smallest absolute Gasteiger partial charge is 0.282 e. The number of halogens is 2. The lowest BCUT2D eigenvalue weighted by Gasteiger charge is -2.33. The van der Waals surface area contributed by atoms with E-state index < -0.39 is 17.8 Å². The van der Waals surface area contributed by atoms with E-state index in [0.717, 1.165) is 0 Å². The molecule has 1 aliphatic heterocycles. The highest BCUT2D eigenvalue weighted by molar-refractivity contribution is 5.91. The van der Waals surface area contributed by atoms with Crippen LogP contribution in [0.3, 0.4) is 0 Å². The topological polar surface area (TPSA) is 29.5 Å². The first-order valence-corrected chi connectivity index (χ1v) is 6.49. The van der Waals surface area contributed by atoms with Crippen molar-refractivity contribution in [2.75, 3.05) is 19.7 Å². The van der Waals surface area contributed by atoms with Crippen molar-refractivity contribution in [1.82, 2.24) is 4.90 Å². The van der Waals surface area contributed by atoms with Gasteiger partial charge in [0.1, 0.15) is 11.9 Å². The summed E-state index contributed by atoms with van der Waals surface area (Å²) < 4.78 is 32.9. The Labute approximate surface area is 116 Å². The summed E-state index contributed by atoms with van der Waals surface area (Å²) in [5.74, 6) is -1.79. The Morgan fingerprint density at radius 2 is 2.05 bits per heavy atom. The van der Waals surface area contributed by atoms with Crippen LogP contribution in [0.1, 0.15) is 25.5 Å². The van der Waals surface area contributed by atoms with E-state index in [2.05, 4.69) is 0 Å². The van der Waals surface area contributed by atoms with Crippen LogP contribution in [-0.4, -0.2) is 30.5 Å². The standard InChI is InChI=1S/C15H17F2NO2/c1-10(2)14(17)15(19)18-7-8-20-13(9-18)11-5-3-4-6-12(11)16/h3-6,13H,7-9H2,1-2H3/t13-/m1/s1. The van der Waals surface area contributed by atoms with Gasteiger partial charge in [-0.1, -0.05) is 18.2 Å². The second kappa shape index (κ2) is 6.13. The molecule has 0 aromatic heterocycles. The van der Waals surface area contributed by atoms with Crippen molar-refractivity contribution >= 4 is 5.91 Å². The summed E-state index contributed by atoms with van der Waals surface area (Å²) in [7, 11) is 0. The number of hydrogen-bond donors (Lipinski definition) is 0. The number of benzene rings is 1. The molecule has 1 atom stereocenters. The second-order valence-corrected chi connectivity index (χ2v) is 4.95. The molecular weight excluding hydrogens is 264 g/mol. The van der Waals surface area contributed by atoms with Crippen LogP contribution >= 0.6 is 0 Å². The number of hydrogen-bond acceptors (Lipinski definition) is 2. The highest BCUT2D eigenvalue weighted by Crippen LogP contribution is 2.25. The van der Waals surface area contributed by atoms with Crippen LogP contribution in [0.25, 0.3) is 0 Å². The van der Waals surface area contributed by atoms with E-state index in [1.807, 2.05) is 0 Å². The Balaban J connectivity index is 2.16. The SMILES string of the molecule is CC(C)=C(F)C(=O)N1CCO[C@@H](c2ccccc2F)C1. The Hall–Kier alpha value is -1.75. The number of amides is 1. The van der Waals surface area contributed by atoms with Crippen LogP contribution in [0, 0.1) is 5.82 Å². The molecular formula is C15H17F2NO2. The molecule has 0 saturated carbocycles. The van der Waals surface area contributed by atoms with Gasteiger partial charge in [0.25, 0.3) is 5.91 Å². The third-order valence-electron chi connectivity index (χ3n) is 3.23. The Morgan fingerprint density at radius 1 is 1.35 bits per heavy atom. The van der Waals surface area contributed by atoms with E-state index in [0.29, 0.717) is 17.7 Å². The number of rotatable bonds is 2. The Bertz CT molecular complexity index is 538. The maximum atomic E-state index is 13.7. The van der Waals surface area contributed by atoms with Gasteiger partial charge in [0.2, 0.25) is 0 Å². The molecule has 5 heteroatoms. The molecule has 1 saturated heterocycles. The van der Waals surface area contributed by atoms with Crippen LogP contribution in [0.4, 0.5) is 8.78 Å². The molecule has 108 valence electrons. The highest BCUT2D eigenvalue weighted by atomic mass is 19.1. The minimum atomic E-state index is -0.751. The number of carbonyl (C=O) groups excluding carboxylic acids is 1. The summed E-state index contributed by atoms with van der Waals surface area (Å²) in [5, 5.41) is 0. The highest BCUT2D eigenvalue weighted by Gasteiger charge is 2.29. The number of allylic oxidation sites excluding steroid dienone is 1. The monoisotopic (exact) mass is 281 g/mol. The summed E-state index contributed by atoms with van der Waals surface area (Å²) in [6, 6.07) is 6.26. The largest absolute Gasteiger partial charge is 0.370 e. The van der Waals surface area contributed by atoms with Gasteiger partial charge in [-0.2, -0.15) is 0 Å².